The summed E-state index contributed by atoms with van der Waals surface area (Å²) in [5.74, 6) is 0.231. The zero-order valence-corrected chi connectivity index (χ0v) is 21.7. The first-order valence-electron chi connectivity index (χ1n) is 11.9. The van der Waals surface area contributed by atoms with Crippen LogP contribution in [0.2, 0.25) is 0 Å². The van der Waals surface area contributed by atoms with Gasteiger partial charge in [0.25, 0.3) is 5.91 Å². The van der Waals surface area contributed by atoms with Crippen LogP contribution < -0.4 is 16.0 Å². The largest absolute Gasteiger partial charge is 0.481 e. The summed E-state index contributed by atoms with van der Waals surface area (Å²) in [4.78, 5) is 37.5. The molecule has 0 fully saturated rings. The maximum Gasteiger partial charge on any atom is 0.251 e. The molecule has 1 aliphatic heterocycles. The third kappa shape index (κ3) is 6.03. The molecule has 3 aromatic rings. The van der Waals surface area contributed by atoms with Gasteiger partial charge >= 0.3 is 0 Å². The van der Waals surface area contributed by atoms with Gasteiger partial charge in [-0.25, -0.2) is 24.8 Å². The highest BCUT2D eigenvalue weighted by Gasteiger charge is 2.29. The summed E-state index contributed by atoms with van der Waals surface area (Å²) in [5, 5.41) is 0. The lowest BCUT2D eigenvalue weighted by Gasteiger charge is -2.26. The number of likely N-dealkylation sites (N-methyl/N-ethyl adjacent to an activating group) is 1. The van der Waals surface area contributed by atoms with Gasteiger partial charge in [-0.05, 0) is 30.7 Å². The Bertz CT molecular complexity index is 1350. The fourth-order valence-electron chi connectivity index (χ4n) is 4.17. The molecule has 1 aliphatic rings. The van der Waals surface area contributed by atoms with Crippen molar-refractivity contribution in [1.29, 1.82) is 0 Å². The van der Waals surface area contributed by atoms with E-state index in [9.17, 15) is 9.18 Å². The van der Waals surface area contributed by atoms with Crippen molar-refractivity contribution < 1.29 is 23.5 Å². The molecule has 0 radical (unpaired) electrons. The molecule has 1 unspecified atom stereocenters. The second-order valence-electron chi connectivity index (χ2n) is 8.68. The quantitative estimate of drug-likeness (QED) is 0.405. The third-order valence-corrected chi connectivity index (χ3v) is 6.09. The zero-order chi connectivity index (χ0) is 27.2. The van der Waals surface area contributed by atoms with E-state index < -0.39 is 11.9 Å². The van der Waals surface area contributed by atoms with Gasteiger partial charge in [-0.2, -0.15) is 0 Å². The molecule has 3 N–H and O–H groups in total. The van der Waals surface area contributed by atoms with Crippen molar-refractivity contribution in [3.63, 3.8) is 0 Å². The topological polar surface area (TPSA) is 137 Å². The Labute approximate surface area is 219 Å². The first-order chi connectivity index (χ1) is 18.3. The number of methoxy groups -OCH3 is 2. The van der Waals surface area contributed by atoms with E-state index >= 15 is 0 Å². The fraction of sp³-hybridized carbons (Fsp3) is 0.346. The minimum atomic E-state index is -0.481. The molecule has 200 valence electrons. The van der Waals surface area contributed by atoms with Crippen LogP contribution in [0.15, 0.2) is 41.4 Å². The first kappa shape index (κ1) is 26.9. The standard InChI is InChI=1S/C26H30FN7O4/c1-15-24-21(32-26(28)29-15)13-20(31-25(24)33-38-14-23(35)34(2)10-11-36-3)17-9-8-16(27)12-18(17)19-6-5-7-22(30-19)37-4/h5-9,12,20H,10-11,13-14H2,1-4H3,(H,31,33)(H2,28,29,32). The number of aryl methyl sites for hydroxylation is 1. The average Bonchev–Trinajstić information content (AvgIpc) is 2.90. The minimum absolute atomic E-state index is 0.130. The summed E-state index contributed by atoms with van der Waals surface area (Å²) >= 11 is 0. The van der Waals surface area contributed by atoms with Gasteiger partial charge in [-0.3, -0.25) is 14.6 Å². The van der Waals surface area contributed by atoms with Gasteiger partial charge < -0.3 is 20.1 Å². The molecule has 1 atom stereocenters. The number of aromatic nitrogens is 3. The SMILES string of the molecule is COCCN(C)C(=O)CONC1=NC(c2ccc(F)cc2-c2cccc(OC)n2)Cc2nc(N)nc(C)c21. The number of pyridine rings is 1. The van der Waals surface area contributed by atoms with E-state index in [1.54, 1.807) is 45.3 Å². The van der Waals surface area contributed by atoms with Crippen molar-refractivity contribution in [3.05, 3.63) is 64.7 Å². The Balaban J connectivity index is 1.68. The Kier molecular flexibility index (Phi) is 8.44. The molecule has 0 spiro atoms. The van der Waals surface area contributed by atoms with Gasteiger partial charge in [0.2, 0.25) is 11.8 Å². The number of carbonyl (C=O) groups excluding carboxylic acids is 1. The molecule has 2 aromatic heterocycles. The number of amidine groups is 1. The highest BCUT2D eigenvalue weighted by Crippen LogP contribution is 2.36. The molecular weight excluding hydrogens is 493 g/mol. The number of halogens is 1. The molecule has 1 aromatic carbocycles. The summed E-state index contributed by atoms with van der Waals surface area (Å²) in [6.07, 6.45) is 0.384. The van der Waals surface area contributed by atoms with Crippen molar-refractivity contribution in [2.24, 2.45) is 4.99 Å². The number of fused-ring (bicyclic) bond motifs is 1. The molecule has 0 saturated carbocycles. The number of carbonyl (C=O) groups is 1. The molecule has 4 rings (SSSR count). The highest BCUT2D eigenvalue weighted by molar-refractivity contribution is 6.01. The van der Waals surface area contributed by atoms with Crippen LogP contribution in [0.25, 0.3) is 11.3 Å². The summed E-state index contributed by atoms with van der Waals surface area (Å²) in [6.45, 7) is 2.41. The molecule has 0 aliphatic carbocycles. The Hall–Kier alpha value is -4.16. The van der Waals surface area contributed by atoms with E-state index in [0.717, 1.165) is 5.56 Å². The zero-order valence-electron chi connectivity index (χ0n) is 21.7. The lowest BCUT2D eigenvalue weighted by Crippen LogP contribution is -2.37. The number of nitrogens with zero attached hydrogens (tertiary/aromatic N) is 5. The van der Waals surface area contributed by atoms with Crippen LogP contribution in [0, 0.1) is 12.7 Å². The van der Waals surface area contributed by atoms with Crippen LogP contribution in [0.1, 0.15) is 28.6 Å². The molecule has 11 nitrogen and oxygen atoms in total. The molecule has 0 saturated heterocycles. The Morgan fingerprint density at radius 3 is 2.79 bits per heavy atom. The smallest absolute Gasteiger partial charge is 0.251 e. The average molecular weight is 524 g/mol. The number of ether oxygens (including phenoxy) is 2. The third-order valence-electron chi connectivity index (χ3n) is 6.09. The number of rotatable bonds is 9. The second kappa shape index (κ2) is 11.9. The minimum Gasteiger partial charge on any atom is -0.481 e. The molecule has 3 heterocycles. The van der Waals surface area contributed by atoms with E-state index in [-0.39, 0.29) is 18.5 Å². The van der Waals surface area contributed by atoms with Crippen LogP contribution in [-0.4, -0.2) is 72.6 Å². The van der Waals surface area contributed by atoms with Crippen LogP contribution in [0.5, 0.6) is 5.88 Å². The summed E-state index contributed by atoms with van der Waals surface area (Å²) in [7, 11) is 4.75. The van der Waals surface area contributed by atoms with Gasteiger partial charge in [-0.1, -0.05) is 12.1 Å². The van der Waals surface area contributed by atoms with E-state index in [2.05, 4.69) is 20.4 Å². The summed E-state index contributed by atoms with van der Waals surface area (Å²) in [5.41, 5.74) is 12.5. The highest BCUT2D eigenvalue weighted by atomic mass is 19.1. The predicted octanol–water partition coefficient (Wildman–Crippen LogP) is 2.25. The monoisotopic (exact) mass is 523 g/mol. The number of hydrogen-bond donors (Lipinski definition) is 2. The van der Waals surface area contributed by atoms with E-state index in [4.69, 9.17) is 25.0 Å². The van der Waals surface area contributed by atoms with Gasteiger partial charge in [0.15, 0.2) is 12.4 Å². The Morgan fingerprint density at radius 2 is 2.03 bits per heavy atom. The van der Waals surface area contributed by atoms with Crippen molar-refractivity contribution in [2.45, 2.75) is 19.4 Å². The number of nitrogen functional groups attached to an aromatic ring is 1. The summed E-state index contributed by atoms with van der Waals surface area (Å²) in [6, 6.07) is 9.27. The van der Waals surface area contributed by atoms with Gasteiger partial charge in [0, 0.05) is 38.8 Å². The first-order valence-corrected chi connectivity index (χ1v) is 11.9. The van der Waals surface area contributed by atoms with Crippen molar-refractivity contribution >= 4 is 17.7 Å². The molecule has 38 heavy (non-hydrogen) atoms. The maximum atomic E-state index is 14.4. The molecule has 0 bridgehead atoms. The number of nitrogens with one attached hydrogen (secondary N) is 1. The normalized spacial score (nSPS) is 14.4. The summed E-state index contributed by atoms with van der Waals surface area (Å²) < 4.78 is 24.6. The van der Waals surface area contributed by atoms with Crippen LogP contribution in [-0.2, 0) is 20.8 Å². The van der Waals surface area contributed by atoms with E-state index in [1.165, 1.54) is 24.1 Å². The van der Waals surface area contributed by atoms with Gasteiger partial charge in [0.1, 0.15) is 5.82 Å². The maximum absolute atomic E-state index is 14.4. The Morgan fingerprint density at radius 1 is 1.21 bits per heavy atom. The van der Waals surface area contributed by atoms with Crippen LogP contribution in [0.3, 0.4) is 0 Å². The molecule has 1 amide bonds. The number of amides is 1. The number of anilines is 1. The van der Waals surface area contributed by atoms with Crippen molar-refractivity contribution in [1.82, 2.24) is 25.3 Å². The number of nitrogens with two attached hydrogens (primary N) is 1. The number of aliphatic imine (C=N–C) groups is 1. The van der Waals surface area contributed by atoms with Gasteiger partial charge in [0.05, 0.1) is 42.4 Å². The predicted molar refractivity (Wildman–Crippen MR) is 139 cm³/mol. The van der Waals surface area contributed by atoms with E-state index in [0.29, 0.717) is 59.5 Å². The van der Waals surface area contributed by atoms with E-state index in [1.807, 2.05) is 0 Å². The van der Waals surface area contributed by atoms with Crippen LogP contribution >= 0.6 is 0 Å². The lowest BCUT2D eigenvalue weighted by molar-refractivity contribution is -0.136. The molecule has 12 heteroatoms. The van der Waals surface area contributed by atoms with Gasteiger partial charge in [-0.15, -0.1) is 0 Å². The van der Waals surface area contributed by atoms with Crippen molar-refractivity contribution in [3.8, 4) is 17.1 Å². The number of benzene rings is 1. The lowest BCUT2D eigenvalue weighted by atomic mass is 9.91. The fourth-order valence-corrected chi connectivity index (χ4v) is 4.17. The number of hydroxylamine groups is 1. The molecular formula is C26H30FN7O4. The number of hydrogen-bond acceptors (Lipinski definition) is 10. The van der Waals surface area contributed by atoms with Crippen molar-refractivity contribution in [2.75, 3.05) is 46.8 Å². The van der Waals surface area contributed by atoms with Crippen LogP contribution in [0.4, 0.5) is 10.3 Å². The second-order valence-corrected chi connectivity index (χ2v) is 8.68.